The molecule has 0 amide bonds. The second-order valence-corrected chi connectivity index (χ2v) is 4.80. The zero-order chi connectivity index (χ0) is 12.6. The van der Waals surface area contributed by atoms with Crippen LogP contribution in [0.1, 0.15) is 20.8 Å². The number of nitrogens with zero attached hydrogens (tertiary/aromatic N) is 2. The molecule has 0 radical (unpaired) electrons. The normalized spacial score (nSPS) is 11.7. The third-order valence-corrected chi connectivity index (χ3v) is 2.17. The Morgan fingerprint density at radius 3 is 2.82 bits per heavy atom. The summed E-state index contributed by atoms with van der Waals surface area (Å²) in [6.45, 7) is 5.42. The van der Waals surface area contributed by atoms with E-state index in [-0.39, 0.29) is 0 Å². The third-order valence-electron chi connectivity index (χ3n) is 2.17. The van der Waals surface area contributed by atoms with Crippen LogP contribution in [0.15, 0.2) is 24.4 Å². The van der Waals surface area contributed by atoms with Crippen molar-refractivity contribution in [1.29, 1.82) is 0 Å². The summed E-state index contributed by atoms with van der Waals surface area (Å²) in [5.41, 5.74) is 5.75. The molecule has 2 aromatic heterocycles. The monoisotopic (exact) mass is 233 g/mol. The maximum absolute atomic E-state index is 12.0. The second-order valence-electron chi connectivity index (χ2n) is 4.80. The smallest absolute Gasteiger partial charge is 0.421 e. The topological polar surface area (TPSA) is 70.1 Å². The standard InChI is InChI=1S/C12H15N3O2/c1-12(2,3)17-11(16)15-9(13)7-8-5-4-6-14-10(8)15/h4-7H,13H2,1-3H3. The SMILES string of the molecule is CC(C)(C)OC(=O)n1c(N)cc2cccnc21. The van der Waals surface area contributed by atoms with Crippen LogP contribution in [0.2, 0.25) is 0 Å². The van der Waals surface area contributed by atoms with Crippen molar-refractivity contribution >= 4 is 22.9 Å². The molecule has 5 heteroatoms. The lowest BCUT2D eigenvalue weighted by Gasteiger charge is -2.20. The third kappa shape index (κ3) is 2.22. The van der Waals surface area contributed by atoms with Gasteiger partial charge in [-0.25, -0.2) is 14.3 Å². The Morgan fingerprint density at radius 1 is 1.47 bits per heavy atom. The van der Waals surface area contributed by atoms with Crippen LogP contribution in [-0.2, 0) is 4.74 Å². The fourth-order valence-corrected chi connectivity index (χ4v) is 1.55. The zero-order valence-electron chi connectivity index (χ0n) is 10.1. The van der Waals surface area contributed by atoms with Gasteiger partial charge in [-0.15, -0.1) is 0 Å². The fourth-order valence-electron chi connectivity index (χ4n) is 1.55. The van der Waals surface area contributed by atoms with Crippen molar-refractivity contribution in [3.8, 4) is 0 Å². The number of aromatic nitrogens is 2. The summed E-state index contributed by atoms with van der Waals surface area (Å²) in [4.78, 5) is 16.1. The molecule has 17 heavy (non-hydrogen) atoms. The molecule has 5 nitrogen and oxygen atoms in total. The number of nitrogens with two attached hydrogens (primary N) is 1. The molecule has 2 rings (SSSR count). The lowest BCUT2D eigenvalue weighted by atomic mass is 10.2. The summed E-state index contributed by atoms with van der Waals surface area (Å²) >= 11 is 0. The van der Waals surface area contributed by atoms with E-state index in [1.165, 1.54) is 4.57 Å². The number of hydrogen-bond donors (Lipinski definition) is 1. The van der Waals surface area contributed by atoms with Gasteiger partial charge in [0.15, 0.2) is 5.65 Å². The Kier molecular flexibility index (Phi) is 2.53. The quantitative estimate of drug-likeness (QED) is 0.758. The molecule has 2 aromatic rings. The van der Waals surface area contributed by atoms with Gasteiger partial charge in [-0.1, -0.05) is 0 Å². The second kappa shape index (κ2) is 3.76. The van der Waals surface area contributed by atoms with Crippen LogP contribution in [0.5, 0.6) is 0 Å². The number of anilines is 1. The highest BCUT2D eigenvalue weighted by atomic mass is 16.6. The van der Waals surface area contributed by atoms with Gasteiger partial charge in [-0.05, 0) is 39.0 Å². The number of nitrogen functional groups attached to an aromatic ring is 1. The lowest BCUT2D eigenvalue weighted by Crippen LogP contribution is -2.27. The van der Waals surface area contributed by atoms with E-state index < -0.39 is 11.7 Å². The van der Waals surface area contributed by atoms with E-state index in [1.54, 1.807) is 39.1 Å². The molecule has 0 saturated carbocycles. The van der Waals surface area contributed by atoms with E-state index in [0.29, 0.717) is 11.5 Å². The van der Waals surface area contributed by atoms with Crippen LogP contribution in [0.4, 0.5) is 10.6 Å². The number of fused-ring (bicyclic) bond motifs is 1. The minimum atomic E-state index is -0.561. The summed E-state index contributed by atoms with van der Waals surface area (Å²) < 4.78 is 6.55. The first-order valence-corrected chi connectivity index (χ1v) is 5.34. The predicted octanol–water partition coefficient (Wildman–Crippen LogP) is 2.40. The molecule has 0 aliphatic heterocycles. The largest absolute Gasteiger partial charge is 0.443 e. The van der Waals surface area contributed by atoms with Crippen molar-refractivity contribution < 1.29 is 9.53 Å². The van der Waals surface area contributed by atoms with Crippen LogP contribution in [0.3, 0.4) is 0 Å². The molecule has 0 atom stereocenters. The van der Waals surface area contributed by atoms with E-state index in [4.69, 9.17) is 10.5 Å². The first-order valence-electron chi connectivity index (χ1n) is 5.34. The van der Waals surface area contributed by atoms with Crippen LogP contribution in [0.25, 0.3) is 11.0 Å². The van der Waals surface area contributed by atoms with Gasteiger partial charge in [0, 0.05) is 11.6 Å². The van der Waals surface area contributed by atoms with Crippen LogP contribution < -0.4 is 5.73 Å². The summed E-state index contributed by atoms with van der Waals surface area (Å²) in [5.74, 6) is 0.327. The first kappa shape index (κ1) is 11.4. The van der Waals surface area contributed by atoms with Gasteiger partial charge in [0.05, 0.1) is 0 Å². The Labute approximate surface area is 99.2 Å². The first-order chi connectivity index (χ1) is 7.88. The highest BCUT2D eigenvalue weighted by molar-refractivity contribution is 5.91. The Balaban J connectivity index is 2.48. The van der Waals surface area contributed by atoms with Gasteiger partial charge in [0.25, 0.3) is 0 Å². The molecule has 2 heterocycles. The van der Waals surface area contributed by atoms with Crippen molar-refractivity contribution in [2.45, 2.75) is 26.4 Å². The number of hydrogen-bond acceptors (Lipinski definition) is 4. The van der Waals surface area contributed by atoms with Crippen molar-refractivity contribution in [3.63, 3.8) is 0 Å². The molecule has 0 unspecified atom stereocenters. The van der Waals surface area contributed by atoms with E-state index in [2.05, 4.69) is 4.98 Å². The number of carbonyl (C=O) groups is 1. The molecular formula is C12H15N3O2. The predicted molar refractivity (Wildman–Crippen MR) is 65.8 cm³/mol. The molecule has 0 aromatic carbocycles. The van der Waals surface area contributed by atoms with E-state index in [1.807, 2.05) is 6.07 Å². The van der Waals surface area contributed by atoms with Gasteiger partial charge in [-0.2, -0.15) is 0 Å². The number of ether oxygens (including phenoxy) is 1. The van der Waals surface area contributed by atoms with Crippen molar-refractivity contribution in [1.82, 2.24) is 9.55 Å². The Hall–Kier alpha value is -2.04. The minimum Gasteiger partial charge on any atom is -0.443 e. The van der Waals surface area contributed by atoms with Gasteiger partial charge in [-0.3, -0.25) is 0 Å². The summed E-state index contributed by atoms with van der Waals surface area (Å²) in [6.07, 6.45) is 1.10. The lowest BCUT2D eigenvalue weighted by molar-refractivity contribution is 0.0547. The van der Waals surface area contributed by atoms with Crippen molar-refractivity contribution in [2.75, 3.05) is 5.73 Å². The van der Waals surface area contributed by atoms with Crippen LogP contribution in [-0.4, -0.2) is 21.2 Å². The maximum atomic E-state index is 12.0. The number of rotatable bonds is 0. The fraction of sp³-hybridized carbons (Fsp3) is 0.333. The number of pyridine rings is 1. The van der Waals surface area contributed by atoms with E-state index in [0.717, 1.165) is 5.39 Å². The molecule has 0 saturated heterocycles. The van der Waals surface area contributed by atoms with Crippen molar-refractivity contribution in [2.24, 2.45) is 0 Å². The molecule has 2 N–H and O–H groups in total. The van der Waals surface area contributed by atoms with Gasteiger partial charge < -0.3 is 10.5 Å². The maximum Gasteiger partial charge on any atom is 0.421 e. The highest BCUT2D eigenvalue weighted by Crippen LogP contribution is 2.21. The van der Waals surface area contributed by atoms with E-state index in [9.17, 15) is 4.79 Å². The molecule has 0 bridgehead atoms. The summed E-state index contributed by atoms with van der Waals surface area (Å²) in [7, 11) is 0. The van der Waals surface area contributed by atoms with E-state index >= 15 is 0 Å². The molecule has 90 valence electrons. The summed E-state index contributed by atoms with van der Waals surface area (Å²) in [5, 5.41) is 0.816. The number of carbonyl (C=O) groups excluding carboxylic acids is 1. The molecule has 0 fully saturated rings. The van der Waals surface area contributed by atoms with Crippen LogP contribution >= 0.6 is 0 Å². The Morgan fingerprint density at radius 2 is 2.18 bits per heavy atom. The molecule has 0 spiro atoms. The van der Waals surface area contributed by atoms with Crippen LogP contribution in [0, 0.1) is 0 Å². The zero-order valence-corrected chi connectivity index (χ0v) is 10.1. The van der Waals surface area contributed by atoms with Gasteiger partial charge in [0.1, 0.15) is 11.4 Å². The van der Waals surface area contributed by atoms with Gasteiger partial charge >= 0.3 is 6.09 Å². The molecule has 0 aliphatic rings. The van der Waals surface area contributed by atoms with Crippen molar-refractivity contribution in [3.05, 3.63) is 24.4 Å². The average molecular weight is 233 g/mol. The highest BCUT2D eigenvalue weighted by Gasteiger charge is 2.21. The minimum absolute atomic E-state index is 0.327. The van der Waals surface area contributed by atoms with Gasteiger partial charge in [0.2, 0.25) is 0 Å². The summed E-state index contributed by atoms with van der Waals surface area (Å²) in [6, 6.07) is 5.34. The average Bonchev–Trinajstić information content (AvgIpc) is 2.50. The Bertz CT molecular complexity index is 567. The molecular weight excluding hydrogens is 218 g/mol. The molecule has 0 aliphatic carbocycles.